The third kappa shape index (κ3) is 3.88. The molecule has 0 spiro atoms. The molecule has 5 heteroatoms. The second-order valence-electron chi connectivity index (χ2n) is 4.41. The van der Waals surface area contributed by atoms with Crippen molar-refractivity contribution < 1.29 is 9.53 Å². The zero-order valence-electron chi connectivity index (χ0n) is 11.6. The molecular weight excluding hydrogens is 266 g/mol. The third-order valence-electron chi connectivity index (χ3n) is 3.02. The lowest BCUT2D eigenvalue weighted by atomic mass is 10.1. The molecule has 0 fully saturated rings. The second-order valence-corrected chi connectivity index (χ2v) is 4.41. The standard InChI is InChI=1S/C16H15N3O2/c1-21-16(20)15(13-5-3-2-4-6-13)19-11-12-7-8-18-14(9-12)10-17/h2-9,15,19H,11H2,1H3. The smallest absolute Gasteiger partial charge is 0.327 e. The van der Waals surface area contributed by atoms with Crippen molar-refractivity contribution >= 4 is 5.97 Å². The number of ether oxygens (including phenoxy) is 1. The number of carbonyl (C=O) groups excluding carboxylic acids is 1. The average Bonchev–Trinajstić information content (AvgIpc) is 2.56. The van der Waals surface area contributed by atoms with Crippen LogP contribution in [0.25, 0.3) is 0 Å². The average molecular weight is 281 g/mol. The number of pyridine rings is 1. The number of esters is 1. The van der Waals surface area contributed by atoms with Gasteiger partial charge in [0, 0.05) is 12.7 Å². The Labute approximate surface area is 123 Å². The molecule has 0 aliphatic rings. The van der Waals surface area contributed by atoms with Crippen molar-refractivity contribution in [3.8, 4) is 6.07 Å². The molecule has 0 aliphatic carbocycles. The number of aromatic nitrogens is 1. The minimum absolute atomic E-state index is 0.351. The molecule has 1 heterocycles. The quantitative estimate of drug-likeness (QED) is 0.848. The fourth-order valence-electron chi connectivity index (χ4n) is 1.97. The lowest BCUT2D eigenvalue weighted by Gasteiger charge is -2.16. The maximum absolute atomic E-state index is 11.9. The van der Waals surface area contributed by atoms with Crippen LogP contribution < -0.4 is 5.32 Å². The largest absolute Gasteiger partial charge is 0.468 e. The molecule has 21 heavy (non-hydrogen) atoms. The number of benzene rings is 1. The van der Waals surface area contributed by atoms with E-state index in [4.69, 9.17) is 10.00 Å². The molecule has 1 unspecified atom stereocenters. The normalized spacial score (nSPS) is 11.4. The van der Waals surface area contributed by atoms with Gasteiger partial charge in [0.25, 0.3) is 0 Å². The maximum atomic E-state index is 11.9. The van der Waals surface area contributed by atoms with Gasteiger partial charge >= 0.3 is 5.97 Å². The van der Waals surface area contributed by atoms with Crippen molar-refractivity contribution in [3.05, 3.63) is 65.5 Å². The van der Waals surface area contributed by atoms with Crippen LogP contribution in [0.1, 0.15) is 22.9 Å². The van der Waals surface area contributed by atoms with Crippen molar-refractivity contribution in [2.24, 2.45) is 0 Å². The van der Waals surface area contributed by atoms with E-state index >= 15 is 0 Å². The molecule has 106 valence electrons. The predicted octanol–water partition coefficient (Wildman–Crippen LogP) is 1.96. The minimum Gasteiger partial charge on any atom is -0.468 e. The SMILES string of the molecule is COC(=O)C(NCc1ccnc(C#N)c1)c1ccccc1. The third-order valence-corrected chi connectivity index (χ3v) is 3.02. The van der Waals surface area contributed by atoms with Crippen molar-refractivity contribution in [3.63, 3.8) is 0 Å². The van der Waals surface area contributed by atoms with E-state index in [-0.39, 0.29) is 5.97 Å². The van der Waals surface area contributed by atoms with Gasteiger partial charge in [-0.1, -0.05) is 30.3 Å². The first-order chi connectivity index (χ1) is 10.2. The summed E-state index contributed by atoms with van der Waals surface area (Å²) in [5, 5.41) is 12.0. The summed E-state index contributed by atoms with van der Waals surface area (Å²) in [6.45, 7) is 0.436. The summed E-state index contributed by atoms with van der Waals surface area (Å²) >= 11 is 0. The number of nitrogens with one attached hydrogen (secondary N) is 1. The molecule has 1 N–H and O–H groups in total. The zero-order valence-corrected chi connectivity index (χ0v) is 11.6. The second kappa shape index (κ2) is 7.17. The van der Waals surface area contributed by atoms with Crippen molar-refractivity contribution in [2.75, 3.05) is 7.11 Å². The highest BCUT2D eigenvalue weighted by Gasteiger charge is 2.20. The first kappa shape index (κ1) is 14.7. The summed E-state index contributed by atoms with van der Waals surface area (Å²) in [6.07, 6.45) is 1.57. The molecule has 1 aromatic carbocycles. The van der Waals surface area contributed by atoms with E-state index in [1.807, 2.05) is 36.4 Å². The molecule has 0 aliphatic heterocycles. The van der Waals surface area contributed by atoms with Crippen LogP contribution in [0.3, 0.4) is 0 Å². The van der Waals surface area contributed by atoms with Gasteiger partial charge in [0.05, 0.1) is 7.11 Å². The Kier molecular flexibility index (Phi) is 5.02. The van der Waals surface area contributed by atoms with Gasteiger partial charge in [-0.05, 0) is 23.3 Å². The van der Waals surface area contributed by atoms with Crippen LogP contribution in [-0.2, 0) is 16.1 Å². The number of nitrogens with zero attached hydrogens (tertiary/aromatic N) is 2. The van der Waals surface area contributed by atoms with E-state index in [2.05, 4.69) is 10.3 Å². The number of methoxy groups -OCH3 is 1. The summed E-state index contributed by atoms with van der Waals surface area (Å²) in [5.74, 6) is -0.351. The fraction of sp³-hybridized carbons (Fsp3) is 0.188. The Morgan fingerprint density at radius 1 is 1.38 bits per heavy atom. The molecule has 0 amide bonds. The van der Waals surface area contributed by atoms with Crippen molar-refractivity contribution in [2.45, 2.75) is 12.6 Å². The molecule has 2 rings (SSSR count). The molecule has 5 nitrogen and oxygen atoms in total. The predicted molar refractivity (Wildman–Crippen MR) is 77.0 cm³/mol. The van der Waals surface area contributed by atoms with E-state index in [9.17, 15) is 4.79 Å². The van der Waals surface area contributed by atoms with Crippen LogP contribution in [0.15, 0.2) is 48.7 Å². The summed E-state index contributed by atoms with van der Waals surface area (Å²) in [6, 6.07) is 14.3. The Balaban J connectivity index is 2.13. The molecule has 0 saturated heterocycles. The van der Waals surface area contributed by atoms with Gasteiger partial charge in [0.2, 0.25) is 0 Å². The first-order valence-electron chi connectivity index (χ1n) is 6.46. The maximum Gasteiger partial charge on any atom is 0.327 e. The highest BCUT2D eigenvalue weighted by atomic mass is 16.5. The minimum atomic E-state index is -0.546. The van der Waals surface area contributed by atoms with Crippen LogP contribution >= 0.6 is 0 Å². The Hall–Kier alpha value is -2.71. The zero-order chi connectivity index (χ0) is 15.1. The summed E-state index contributed by atoms with van der Waals surface area (Å²) in [5.41, 5.74) is 2.06. The van der Waals surface area contributed by atoms with Gasteiger partial charge in [0.1, 0.15) is 17.8 Å². The highest BCUT2D eigenvalue weighted by molar-refractivity contribution is 5.77. The molecule has 0 saturated carbocycles. The lowest BCUT2D eigenvalue weighted by Crippen LogP contribution is -2.29. The van der Waals surface area contributed by atoms with Gasteiger partial charge in [-0.3, -0.25) is 5.32 Å². The van der Waals surface area contributed by atoms with Gasteiger partial charge in [-0.15, -0.1) is 0 Å². The molecule has 1 aromatic heterocycles. The summed E-state index contributed by atoms with van der Waals surface area (Å²) in [7, 11) is 1.36. The summed E-state index contributed by atoms with van der Waals surface area (Å²) in [4.78, 5) is 15.8. The Bertz CT molecular complexity index is 650. The molecule has 0 radical (unpaired) electrons. The van der Waals surface area contributed by atoms with E-state index < -0.39 is 6.04 Å². The Morgan fingerprint density at radius 3 is 2.81 bits per heavy atom. The summed E-state index contributed by atoms with van der Waals surface area (Å²) < 4.78 is 4.83. The van der Waals surface area contributed by atoms with Crippen LogP contribution in [-0.4, -0.2) is 18.1 Å². The molecule has 1 atom stereocenters. The topological polar surface area (TPSA) is 75.0 Å². The molecular formula is C16H15N3O2. The number of nitriles is 1. The fourth-order valence-corrected chi connectivity index (χ4v) is 1.97. The molecule has 0 bridgehead atoms. The first-order valence-corrected chi connectivity index (χ1v) is 6.46. The molecule has 2 aromatic rings. The van der Waals surface area contributed by atoms with E-state index in [1.54, 1.807) is 18.3 Å². The van der Waals surface area contributed by atoms with E-state index in [0.29, 0.717) is 12.2 Å². The van der Waals surface area contributed by atoms with Crippen LogP contribution in [0.5, 0.6) is 0 Å². The van der Waals surface area contributed by atoms with Crippen molar-refractivity contribution in [1.29, 1.82) is 5.26 Å². The van der Waals surface area contributed by atoms with Crippen LogP contribution in [0.2, 0.25) is 0 Å². The van der Waals surface area contributed by atoms with E-state index in [0.717, 1.165) is 11.1 Å². The van der Waals surface area contributed by atoms with Crippen LogP contribution in [0.4, 0.5) is 0 Å². The number of hydrogen-bond acceptors (Lipinski definition) is 5. The van der Waals surface area contributed by atoms with Crippen molar-refractivity contribution in [1.82, 2.24) is 10.3 Å². The van der Waals surface area contributed by atoms with Gasteiger partial charge in [-0.25, -0.2) is 9.78 Å². The number of hydrogen-bond donors (Lipinski definition) is 1. The van der Waals surface area contributed by atoms with Gasteiger partial charge in [-0.2, -0.15) is 5.26 Å². The monoisotopic (exact) mass is 281 g/mol. The van der Waals surface area contributed by atoms with Crippen LogP contribution in [0, 0.1) is 11.3 Å². The lowest BCUT2D eigenvalue weighted by molar-refractivity contribution is -0.143. The van der Waals surface area contributed by atoms with Gasteiger partial charge in [0.15, 0.2) is 0 Å². The number of rotatable bonds is 5. The van der Waals surface area contributed by atoms with Gasteiger partial charge < -0.3 is 4.74 Å². The Morgan fingerprint density at radius 2 is 2.14 bits per heavy atom. The number of carbonyl (C=O) groups is 1. The van der Waals surface area contributed by atoms with E-state index in [1.165, 1.54) is 7.11 Å². The highest BCUT2D eigenvalue weighted by Crippen LogP contribution is 2.15.